The van der Waals surface area contributed by atoms with Crippen molar-refractivity contribution < 1.29 is 4.79 Å². The van der Waals surface area contributed by atoms with Gasteiger partial charge in [0.05, 0.1) is 12.6 Å². The maximum absolute atomic E-state index is 12.8. The van der Waals surface area contributed by atoms with E-state index in [1.54, 1.807) is 12.4 Å². The number of anilines is 2. The van der Waals surface area contributed by atoms with Crippen LogP contribution in [0.5, 0.6) is 0 Å². The summed E-state index contributed by atoms with van der Waals surface area (Å²) in [5.41, 5.74) is 3.13. The number of carbonyl (C=O) groups is 1. The van der Waals surface area contributed by atoms with Crippen molar-refractivity contribution in [3.05, 3.63) is 71.4 Å². The van der Waals surface area contributed by atoms with Crippen LogP contribution in [0.15, 0.2) is 48.8 Å². The summed E-state index contributed by atoms with van der Waals surface area (Å²) in [7, 11) is 0. The maximum atomic E-state index is 12.8. The Balaban J connectivity index is 1.53. The van der Waals surface area contributed by atoms with Crippen LogP contribution >= 0.6 is 0 Å². The maximum Gasteiger partial charge on any atom is 0.228 e. The third-order valence-electron chi connectivity index (χ3n) is 5.90. The number of hydrogen-bond donors (Lipinski definition) is 0. The van der Waals surface area contributed by atoms with Crippen LogP contribution in [0.1, 0.15) is 47.9 Å². The molecule has 3 aromatic rings. The van der Waals surface area contributed by atoms with Crippen molar-refractivity contribution in [2.24, 2.45) is 0 Å². The number of aryl methyl sites for hydroxylation is 1. The van der Waals surface area contributed by atoms with Crippen molar-refractivity contribution >= 4 is 17.7 Å². The van der Waals surface area contributed by atoms with Gasteiger partial charge >= 0.3 is 0 Å². The van der Waals surface area contributed by atoms with Crippen LogP contribution in [0.4, 0.5) is 11.8 Å². The van der Waals surface area contributed by atoms with Crippen molar-refractivity contribution in [1.29, 1.82) is 0 Å². The van der Waals surface area contributed by atoms with E-state index in [0.29, 0.717) is 25.3 Å². The first-order valence-corrected chi connectivity index (χ1v) is 10.5. The molecular formula is C23H24N6O. The molecule has 7 heteroatoms. The molecule has 1 saturated heterocycles. The molecule has 2 aliphatic heterocycles. The molecule has 0 aliphatic carbocycles. The quantitative estimate of drug-likeness (QED) is 0.668. The first-order chi connectivity index (χ1) is 14.7. The molecule has 30 heavy (non-hydrogen) atoms. The van der Waals surface area contributed by atoms with Gasteiger partial charge in [-0.1, -0.05) is 30.3 Å². The van der Waals surface area contributed by atoms with Crippen LogP contribution in [0.3, 0.4) is 0 Å². The van der Waals surface area contributed by atoms with Crippen LogP contribution in [0, 0.1) is 6.92 Å². The molecule has 2 aliphatic rings. The normalized spacial score (nSPS) is 18.6. The van der Waals surface area contributed by atoms with Gasteiger partial charge in [-0.2, -0.15) is 0 Å². The summed E-state index contributed by atoms with van der Waals surface area (Å²) in [5, 5.41) is 0. The van der Waals surface area contributed by atoms with Gasteiger partial charge in [0.2, 0.25) is 11.9 Å². The summed E-state index contributed by atoms with van der Waals surface area (Å²) in [6.45, 7) is 3.43. The van der Waals surface area contributed by atoms with Crippen molar-refractivity contribution in [1.82, 2.24) is 19.9 Å². The lowest BCUT2D eigenvalue weighted by Crippen LogP contribution is -2.37. The Labute approximate surface area is 175 Å². The summed E-state index contributed by atoms with van der Waals surface area (Å²) in [4.78, 5) is 35.5. The Kier molecular flexibility index (Phi) is 4.86. The van der Waals surface area contributed by atoms with Gasteiger partial charge in [-0.25, -0.2) is 19.9 Å². The molecule has 1 atom stereocenters. The molecule has 0 spiro atoms. The van der Waals surface area contributed by atoms with Crippen molar-refractivity contribution in [2.45, 2.75) is 45.2 Å². The smallest absolute Gasteiger partial charge is 0.228 e. The van der Waals surface area contributed by atoms with Gasteiger partial charge in [-0.3, -0.25) is 9.69 Å². The number of hydrogen-bond acceptors (Lipinski definition) is 6. The largest absolute Gasteiger partial charge is 0.331 e. The van der Waals surface area contributed by atoms with E-state index in [0.717, 1.165) is 47.8 Å². The summed E-state index contributed by atoms with van der Waals surface area (Å²) >= 11 is 0. The van der Waals surface area contributed by atoms with Crippen molar-refractivity contribution in [3.8, 4) is 0 Å². The highest BCUT2D eigenvalue weighted by Crippen LogP contribution is 2.36. The summed E-state index contributed by atoms with van der Waals surface area (Å²) < 4.78 is 0. The molecule has 1 aromatic carbocycles. The fourth-order valence-electron chi connectivity index (χ4n) is 4.40. The van der Waals surface area contributed by atoms with Crippen LogP contribution in [0.25, 0.3) is 0 Å². The molecule has 1 amide bonds. The van der Waals surface area contributed by atoms with Crippen LogP contribution in [0.2, 0.25) is 0 Å². The van der Waals surface area contributed by atoms with Gasteiger partial charge in [0.25, 0.3) is 0 Å². The lowest BCUT2D eigenvalue weighted by atomic mass is 10.0. The van der Waals surface area contributed by atoms with E-state index >= 15 is 0 Å². The molecule has 0 bridgehead atoms. The van der Waals surface area contributed by atoms with Crippen LogP contribution < -0.4 is 9.80 Å². The molecule has 2 aromatic heterocycles. The highest BCUT2D eigenvalue weighted by atomic mass is 16.2. The predicted molar refractivity (Wildman–Crippen MR) is 114 cm³/mol. The number of nitrogens with zero attached hydrogens (tertiary/aromatic N) is 6. The molecule has 0 unspecified atom stereocenters. The van der Waals surface area contributed by atoms with Gasteiger partial charge < -0.3 is 4.90 Å². The van der Waals surface area contributed by atoms with Gasteiger partial charge in [-0.15, -0.1) is 0 Å². The Morgan fingerprint density at radius 2 is 1.83 bits per heavy atom. The monoisotopic (exact) mass is 400 g/mol. The zero-order valence-electron chi connectivity index (χ0n) is 17.0. The lowest BCUT2D eigenvalue weighted by Gasteiger charge is -2.31. The Morgan fingerprint density at radius 1 is 1.03 bits per heavy atom. The minimum Gasteiger partial charge on any atom is -0.331 e. The molecule has 152 valence electrons. The van der Waals surface area contributed by atoms with E-state index in [2.05, 4.69) is 14.9 Å². The summed E-state index contributed by atoms with van der Waals surface area (Å²) in [6.07, 6.45) is 6.70. The standard InChI is InChI=1S/C23H24N6O/c1-16-18-10-11-20(30)29(15-17-7-3-2-4-8-17)22(18)27-21(26-16)19-9-5-14-28(19)23-24-12-6-13-25-23/h2-4,6-8,12-13,19H,5,9-11,14-15H2,1H3/t19-/m1/s1. The first kappa shape index (κ1) is 18.7. The second kappa shape index (κ2) is 7.82. The zero-order valence-corrected chi connectivity index (χ0v) is 17.0. The van der Waals surface area contributed by atoms with E-state index in [1.165, 1.54) is 0 Å². The molecule has 0 N–H and O–H groups in total. The van der Waals surface area contributed by atoms with Gasteiger partial charge in [0.15, 0.2) is 5.82 Å². The minimum atomic E-state index is 0.0204. The highest BCUT2D eigenvalue weighted by Gasteiger charge is 2.34. The lowest BCUT2D eigenvalue weighted by molar-refractivity contribution is -0.119. The topological polar surface area (TPSA) is 75.1 Å². The summed E-state index contributed by atoms with van der Waals surface area (Å²) in [6, 6.07) is 11.9. The molecule has 0 radical (unpaired) electrons. The Hall–Kier alpha value is -3.35. The molecule has 0 saturated carbocycles. The van der Waals surface area contributed by atoms with E-state index in [9.17, 15) is 4.79 Å². The third kappa shape index (κ3) is 3.40. The van der Waals surface area contributed by atoms with E-state index in [-0.39, 0.29) is 11.9 Å². The van der Waals surface area contributed by atoms with E-state index in [4.69, 9.17) is 9.97 Å². The first-order valence-electron chi connectivity index (χ1n) is 10.5. The van der Waals surface area contributed by atoms with Gasteiger partial charge in [0, 0.05) is 36.6 Å². The van der Waals surface area contributed by atoms with Crippen LogP contribution in [-0.4, -0.2) is 32.4 Å². The molecule has 7 nitrogen and oxygen atoms in total. The van der Waals surface area contributed by atoms with Crippen LogP contribution in [-0.2, 0) is 17.8 Å². The minimum absolute atomic E-state index is 0.0204. The number of fused-ring (bicyclic) bond motifs is 1. The molecular weight excluding hydrogens is 376 g/mol. The van der Waals surface area contributed by atoms with Crippen molar-refractivity contribution in [2.75, 3.05) is 16.3 Å². The fraction of sp³-hybridized carbons (Fsp3) is 0.348. The predicted octanol–water partition coefficient (Wildman–Crippen LogP) is 3.40. The SMILES string of the molecule is Cc1nc([C@H]2CCCN2c2ncccn2)nc2c1CCC(=O)N2Cc1ccccc1. The second-order valence-corrected chi connectivity index (χ2v) is 7.84. The number of benzene rings is 1. The average molecular weight is 400 g/mol. The van der Waals surface area contributed by atoms with Crippen molar-refractivity contribution in [3.63, 3.8) is 0 Å². The number of carbonyl (C=O) groups excluding carboxylic acids is 1. The average Bonchev–Trinajstić information content (AvgIpc) is 3.27. The summed E-state index contributed by atoms with van der Waals surface area (Å²) in [5.74, 6) is 2.34. The number of rotatable bonds is 4. The van der Waals surface area contributed by atoms with Gasteiger partial charge in [-0.05, 0) is 37.8 Å². The number of amides is 1. The highest BCUT2D eigenvalue weighted by molar-refractivity contribution is 5.95. The third-order valence-corrected chi connectivity index (χ3v) is 5.90. The zero-order chi connectivity index (χ0) is 20.5. The molecule has 5 rings (SSSR count). The Bertz CT molecular complexity index is 1060. The Morgan fingerprint density at radius 3 is 2.63 bits per heavy atom. The molecule has 1 fully saturated rings. The van der Waals surface area contributed by atoms with Gasteiger partial charge in [0.1, 0.15) is 5.82 Å². The fourth-order valence-corrected chi connectivity index (χ4v) is 4.40. The second-order valence-electron chi connectivity index (χ2n) is 7.84. The van der Waals surface area contributed by atoms with E-state index < -0.39 is 0 Å². The van der Waals surface area contributed by atoms with E-state index in [1.807, 2.05) is 48.2 Å². The molecule has 4 heterocycles. The number of aromatic nitrogens is 4.